The number of amides is 1. The van der Waals surface area contributed by atoms with E-state index in [0.717, 1.165) is 0 Å². The van der Waals surface area contributed by atoms with E-state index >= 15 is 0 Å². The Hall–Kier alpha value is -2.44. The van der Waals surface area contributed by atoms with Crippen molar-refractivity contribution in [3.63, 3.8) is 0 Å². The molecule has 0 fully saturated rings. The number of carbonyl (C=O) groups is 2. The van der Waals surface area contributed by atoms with Gasteiger partial charge in [-0.25, -0.2) is 0 Å². The average Bonchev–Trinajstić information content (AvgIpc) is 2.42. The number of hydrogen-bond acceptors (Lipinski definition) is 4. The summed E-state index contributed by atoms with van der Waals surface area (Å²) >= 11 is 0. The van der Waals surface area contributed by atoms with Gasteiger partial charge in [0.05, 0.1) is 10.8 Å². The van der Waals surface area contributed by atoms with Gasteiger partial charge in [-0.2, -0.15) is 0 Å². The molecular weight excluding hydrogens is 276 g/mol. The van der Waals surface area contributed by atoms with Gasteiger partial charge in [-0.15, -0.1) is 0 Å². The number of nitro groups is 1. The highest BCUT2D eigenvalue weighted by Gasteiger charge is 2.23. The first kappa shape index (κ1) is 16.6. The van der Waals surface area contributed by atoms with Crippen molar-refractivity contribution in [3.8, 4) is 0 Å². The Labute approximate surface area is 122 Å². The lowest BCUT2D eigenvalue weighted by Crippen LogP contribution is -2.34. The molecule has 1 amide bonds. The van der Waals surface area contributed by atoms with Gasteiger partial charge in [0.15, 0.2) is 0 Å². The standard InChI is InChI=1S/C14H18N2O5/c1-9(2)7-10(14(18)19)8-15-13(17)11-5-3-4-6-12(11)16(20)21/h3-6,9-10H,7-8H2,1-2H3,(H,15,17)(H,18,19). The Bertz CT molecular complexity index is 542. The maximum Gasteiger partial charge on any atom is 0.308 e. The third kappa shape index (κ3) is 4.87. The minimum absolute atomic E-state index is 0.0571. The van der Waals surface area contributed by atoms with Gasteiger partial charge < -0.3 is 10.4 Å². The lowest BCUT2D eigenvalue weighted by molar-refractivity contribution is -0.385. The second kappa shape index (κ2) is 7.37. The summed E-state index contributed by atoms with van der Waals surface area (Å²) < 4.78 is 0. The maximum absolute atomic E-state index is 12.0. The van der Waals surface area contributed by atoms with Crippen LogP contribution in [0.3, 0.4) is 0 Å². The molecule has 1 unspecified atom stereocenters. The van der Waals surface area contributed by atoms with E-state index in [9.17, 15) is 19.7 Å². The number of nitro benzene ring substituents is 1. The lowest BCUT2D eigenvalue weighted by Gasteiger charge is -2.15. The number of nitrogens with one attached hydrogen (secondary N) is 1. The van der Waals surface area contributed by atoms with Gasteiger partial charge in [0.2, 0.25) is 0 Å². The average molecular weight is 294 g/mol. The van der Waals surface area contributed by atoms with Crippen molar-refractivity contribution < 1.29 is 19.6 Å². The van der Waals surface area contributed by atoms with E-state index in [1.807, 2.05) is 13.8 Å². The van der Waals surface area contributed by atoms with Gasteiger partial charge in [-0.3, -0.25) is 19.7 Å². The Morgan fingerprint density at radius 1 is 1.33 bits per heavy atom. The SMILES string of the molecule is CC(C)CC(CNC(=O)c1ccccc1[N+](=O)[O-])C(=O)O. The van der Waals surface area contributed by atoms with E-state index in [0.29, 0.717) is 6.42 Å². The number of aliphatic carboxylic acids is 1. The first-order valence-corrected chi connectivity index (χ1v) is 6.57. The Kier molecular flexibility index (Phi) is 5.83. The van der Waals surface area contributed by atoms with Crippen LogP contribution in [-0.2, 0) is 4.79 Å². The van der Waals surface area contributed by atoms with Crippen LogP contribution in [-0.4, -0.2) is 28.5 Å². The quantitative estimate of drug-likeness (QED) is 0.591. The summed E-state index contributed by atoms with van der Waals surface area (Å²) in [5, 5.41) is 22.4. The van der Waals surface area contributed by atoms with Crippen LogP contribution in [0.5, 0.6) is 0 Å². The van der Waals surface area contributed by atoms with Crippen molar-refractivity contribution >= 4 is 17.6 Å². The van der Waals surface area contributed by atoms with Crippen LogP contribution in [0.1, 0.15) is 30.6 Å². The van der Waals surface area contributed by atoms with Crippen molar-refractivity contribution in [2.75, 3.05) is 6.54 Å². The maximum atomic E-state index is 12.0. The highest BCUT2D eigenvalue weighted by molar-refractivity contribution is 5.98. The predicted molar refractivity (Wildman–Crippen MR) is 76.0 cm³/mol. The summed E-state index contributed by atoms with van der Waals surface area (Å²) in [6.45, 7) is 3.72. The molecule has 1 rings (SSSR count). The molecule has 1 aromatic carbocycles. The highest BCUT2D eigenvalue weighted by atomic mass is 16.6. The van der Waals surface area contributed by atoms with Gasteiger partial charge in [-0.05, 0) is 18.4 Å². The molecule has 0 saturated heterocycles. The molecule has 1 aromatic rings. The summed E-state index contributed by atoms with van der Waals surface area (Å²) in [5.41, 5.74) is -0.373. The van der Waals surface area contributed by atoms with Crippen LogP contribution < -0.4 is 5.32 Å². The summed E-state index contributed by atoms with van der Waals surface area (Å²) in [6, 6.07) is 5.56. The number of nitrogens with zero attached hydrogens (tertiary/aromatic N) is 1. The van der Waals surface area contributed by atoms with E-state index in [1.54, 1.807) is 0 Å². The van der Waals surface area contributed by atoms with Gasteiger partial charge in [0, 0.05) is 12.6 Å². The third-order valence-electron chi connectivity index (χ3n) is 2.96. The smallest absolute Gasteiger partial charge is 0.308 e. The molecule has 0 spiro atoms. The molecule has 7 heteroatoms. The molecule has 0 aliphatic rings. The fraction of sp³-hybridized carbons (Fsp3) is 0.429. The van der Waals surface area contributed by atoms with E-state index < -0.39 is 22.7 Å². The number of para-hydroxylation sites is 1. The van der Waals surface area contributed by atoms with Crippen LogP contribution in [0.2, 0.25) is 0 Å². The predicted octanol–water partition coefficient (Wildman–Crippen LogP) is 2.07. The zero-order valence-corrected chi connectivity index (χ0v) is 11.9. The fourth-order valence-corrected chi connectivity index (χ4v) is 1.98. The minimum Gasteiger partial charge on any atom is -0.481 e. The highest BCUT2D eigenvalue weighted by Crippen LogP contribution is 2.18. The molecule has 0 aromatic heterocycles. The normalized spacial score (nSPS) is 12.0. The molecule has 7 nitrogen and oxygen atoms in total. The minimum atomic E-state index is -0.994. The first-order chi connectivity index (χ1) is 9.82. The second-order valence-electron chi connectivity index (χ2n) is 5.15. The first-order valence-electron chi connectivity index (χ1n) is 6.57. The molecule has 0 radical (unpaired) electrons. The molecule has 0 aliphatic heterocycles. The Morgan fingerprint density at radius 3 is 2.48 bits per heavy atom. The zero-order chi connectivity index (χ0) is 16.0. The van der Waals surface area contributed by atoms with E-state index in [-0.39, 0.29) is 23.7 Å². The fourth-order valence-electron chi connectivity index (χ4n) is 1.98. The third-order valence-corrected chi connectivity index (χ3v) is 2.96. The number of benzene rings is 1. The lowest BCUT2D eigenvalue weighted by atomic mass is 9.97. The van der Waals surface area contributed by atoms with Crippen LogP contribution >= 0.6 is 0 Å². The molecule has 0 aliphatic carbocycles. The molecule has 0 heterocycles. The van der Waals surface area contributed by atoms with E-state index in [2.05, 4.69) is 5.32 Å². The van der Waals surface area contributed by atoms with Gasteiger partial charge in [-0.1, -0.05) is 26.0 Å². The molecule has 0 saturated carbocycles. The number of carboxylic acid groups (broad SMARTS) is 1. The summed E-state index contributed by atoms with van der Waals surface area (Å²) in [7, 11) is 0. The molecule has 114 valence electrons. The molecule has 0 bridgehead atoms. The van der Waals surface area contributed by atoms with Gasteiger partial charge >= 0.3 is 5.97 Å². The molecule has 21 heavy (non-hydrogen) atoms. The van der Waals surface area contributed by atoms with Crippen LogP contribution in [0.4, 0.5) is 5.69 Å². The van der Waals surface area contributed by atoms with Crippen molar-refractivity contribution in [1.29, 1.82) is 0 Å². The largest absolute Gasteiger partial charge is 0.481 e. The van der Waals surface area contributed by atoms with Crippen LogP contribution in [0.25, 0.3) is 0 Å². The number of hydrogen-bond donors (Lipinski definition) is 2. The summed E-state index contributed by atoms with van der Waals surface area (Å²) in [4.78, 5) is 33.3. The van der Waals surface area contributed by atoms with Crippen molar-refractivity contribution in [2.24, 2.45) is 11.8 Å². The van der Waals surface area contributed by atoms with Crippen LogP contribution in [0, 0.1) is 22.0 Å². The van der Waals surface area contributed by atoms with Crippen molar-refractivity contribution in [2.45, 2.75) is 20.3 Å². The Balaban J connectivity index is 2.77. The number of carboxylic acids is 1. The van der Waals surface area contributed by atoms with Gasteiger partial charge in [0.25, 0.3) is 11.6 Å². The Morgan fingerprint density at radius 2 is 1.95 bits per heavy atom. The number of carbonyl (C=O) groups excluding carboxylic acids is 1. The van der Waals surface area contributed by atoms with E-state index in [1.165, 1.54) is 24.3 Å². The van der Waals surface area contributed by atoms with E-state index in [4.69, 9.17) is 5.11 Å². The summed E-state index contributed by atoms with van der Waals surface area (Å²) in [5.74, 6) is -2.17. The van der Waals surface area contributed by atoms with Gasteiger partial charge in [0.1, 0.15) is 5.56 Å². The number of rotatable bonds is 7. The molecular formula is C14H18N2O5. The molecule has 1 atom stereocenters. The zero-order valence-electron chi connectivity index (χ0n) is 11.9. The van der Waals surface area contributed by atoms with Crippen molar-refractivity contribution in [1.82, 2.24) is 5.32 Å². The van der Waals surface area contributed by atoms with Crippen molar-refractivity contribution in [3.05, 3.63) is 39.9 Å². The molecule has 2 N–H and O–H groups in total. The van der Waals surface area contributed by atoms with Crippen LogP contribution in [0.15, 0.2) is 24.3 Å². The summed E-state index contributed by atoms with van der Waals surface area (Å²) in [6.07, 6.45) is 0.423. The monoisotopic (exact) mass is 294 g/mol. The second-order valence-corrected chi connectivity index (χ2v) is 5.15. The topological polar surface area (TPSA) is 110 Å².